The van der Waals surface area contributed by atoms with Gasteiger partial charge in [0.05, 0.1) is 5.92 Å². The monoisotopic (exact) mass is 313 g/mol. The first-order valence-electron chi connectivity index (χ1n) is 9.12. The molecule has 1 aliphatic carbocycles. The largest absolute Gasteiger partial charge is 0.462 e. The van der Waals surface area contributed by atoms with Gasteiger partial charge in [-0.25, -0.2) is 0 Å². The van der Waals surface area contributed by atoms with Gasteiger partial charge >= 0.3 is 5.97 Å². The molecule has 0 radical (unpaired) electrons. The predicted molar refractivity (Wildman–Crippen MR) is 90.3 cm³/mol. The van der Waals surface area contributed by atoms with Crippen molar-refractivity contribution in [1.29, 1.82) is 0 Å². The van der Waals surface area contributed by atoms with Crippen LogP contribution in [-0.2, 0) is 9.53 Å². The Morgan fingerprint density at radius 2 is 1.87 bits per heavy atom. The molecule has 3 unspecified atom stereocenters. The summed E-state index contributed by atoms with van der Waals surface area (Å²) in [7, 11) is 2.19. The zero-order valence-corrected chi connectivity index (χ0v) is 14.2. The van der Waals surface area contributed by atoms with Gasteiger partial charge in [-0.1, -0.05) is 29.8 Å². The average molecular weight is 313 g/mol. The molecule has 0 amide bonds. The van der Waals surface area contributed by atoms with Gasteiger partial charge in [-0.15, -0.1) is 0 Å². The van der Waals surface area contributed by atoms with Crippen molar-refractivity contribution in [2.24, 2.45) is 5.92 Å². The van der Waals surface area contributed by atoms with Crippen molar-refractivity contribution < 1.29 is 9.53 Å². The Hall–Kier alpha value is -1.35. The third-order valence-electron chi connectivity index (χ3n) is 6.38. The standard InChI is InChI=1S/C20H27NO2/c1-13-6-8-14(9-7-13)17-12-15-10-11-18(21(15)2)19(17)20(22)23-16-4-3-5-16/h6-9,15-19H,3-5,10-12H2,1-2H3/t15?,17?,18?,19-/m0/s1. The number of piperidine rings is 1. The number of ether oxygens (including phenoxy) is 1. The highest BCUT2D eigenvalue weighted by Crippen LogP contribution is 2.47. The smallest absolute Gasteiger partial charge is 0.311 e. The second kappa shape index (κ2) is 5.94. The lowest BCUT2D eigenvalue weighted by molar-refractivity contribution is -0.162. The lowest BCUT2D eigenvalue weighted by Gasteiger charge is -2.42. The van der Waals surface area contributed by atoms with Crippen LogP contribution in [0.4, 0.5) is 0 Å². The van der Waals surface area contributed by atoms with E-state index in [0.29, 0.717) is 18.0 Å². The number of nitrogens with zero attached hydrogens (tertiary/aromatic N) is 1. The van der Waals surface area contributed by atoms with Gasteiger partial charge in [-0.3, -0.25) is 9.69 Å². The first kappa shape index (κ1) is 15.2. The minimum absolute atomic E-state index is 0.00190. The summed E-state index contributed by atoms with van der Waals surface area (Å²) in [5, 5.41) is 0. The van der Waals surface area contributed by atoms with Gasteiger partial charge in [-0.05, 0) is 58.1 Å². The Kier molecular flexibility index (Phi) is 3.92. The van der Waals surface area contributed by atoms with Crippen LogP contribution in [0.15, 0.2) is 24.3 Å². The summed E-state index contributed by atoms with van der Waals surface area (Å²) in [5.74, 6) is 0.372. The summed E-state index contributed by atoms with van der Waals surface area (Å²) in [5.41, 5.74) is 2.59. The van der Waals surface area contributed by atoms with E-state index < -0.39 is 0 Å². The molecule has 2 aliphatic heterocycles. The van der Waals surface area contributed by atoms with Crippen LogP contribution < -0.4 is 0 Å². The predicted octanol–water partition coefficient (Wildman–Crippen LogP) is 3.66. The molecule has 23 heavy (non-hydrogen) atoms. The van der Waals surface area contributed by atoms with E-state index in [1.807, 2.05) is 0 Å². The fourth-order valence-electron chi connectivity index (χ4n) is 4.68. The van der Waals surface area contributed by atoms with Crippen molar-refractivity contribution in [3.8, 4) is 0 Å². The number of rotatable bonds is 3. The van der Waals surface area contributed by atoms with Gasteiger partial charge in [0, 0.05) is 18.0 Å². The molecule has 1 saturated carbocycles. The van der Waals surface area contributed by atoms with E-state index in [0.717, 1.165) is 25.7 Å². The van der Waals surface area contributed by atoms with Gasteiger partial charge in [0.1, 0.15) is 6.10 Å². The van der Waals surface area contributed by atoms with E-state index in [9.17, 15) is 4.79 Å². The van der Waals surface area contributed by atoms with E-state index >= 15 is 0 Å². The maximum Gasteiger partial charge on any atom is 0.311 e. The van der Waals surface area contributed by atoms with Crippen molar-refractivity contribution in [2.45, 2.75) is 69.6 Å². The van der Waals surface area contributed by atoms with Crippen molar-refractivity contribution in [1.82, 2.24) is 4.90 Å². The summed E-state index contributed by atoms with van der Waals surface area (Å²) >= 11 is 0. The molecular weight excluding hydrogens is 286 g/mol. The highest BCUT2D eigenvalue weighted by molar-refractivity contribution is 5.75. The topological polar surface area (TPSA) is 29.5 Å². The molecule has 1 aromatic carbocycles. The molecule has 2 saturated heterocycles. The minimum Gasteiger partial charge on any atom is -0.462 e. The van der Waals surface area contributed by atoms with Crippen LogP contribution in [0.2, 0.25) is 0 Å². The van der Waals surface area contributed by atoms with Crippen molar-refractivity contribution in [2.75, 3.05) is 7.05 Å². The number of benzene rings is 1. The molecule has 0 spiro atoms. The zero-order chi connectivity index (χ0) is 16.0. The Morgan fingerprint density at radius 3 is 2.52 bits per heavy atom. The minimum atomic E-state index is 0.00190. The van der Waals surface area contributed by atoms with E-state index in [1.54, 1.807) is 0 Å². The molecule has 3 fully saturated rings. The van der Waals surface area contributed by atoms with Crippen molar-refractivity contribution >= 4 is 5.97 Å². The van der Waals surface area contributed by atoms with Gasteiger partial charge in [0.15, 0.2) is 0 Å². The molecule has 3 heteroatoms. The summed E-state index contributed by atoms with van der Waals surface area (Å²) in [6.07, 6.45) is 6.93. The molecule has 4 rings (SSSR count). The van der Waals surface area contributed by atoms with Crippen molar-refractivity contribution in [3.05, 3.63) is 35.4 Å². The molecule has 0 N–H and O–H groups in total. The Bertz CT molecular complexity index is 578. The second-order valence-corrected chi connectivity index (χ2v) is 7.73. The van der Waals surface area contributed by atoms with Gasteiger partial charge in [0.2, 0.25) is 0 Å². The molecule has 3 aliphatic rings. The number of fused-ring (bicyclic) bond motifs is 2. The number of carbonyl (C=O) groups is 1. The summed E-state index contributed by atoms with van der Waals surface area (Å²) in [6.45, 7) is 2.12. The van der Waals surface area contributed by atoms with Crippen LogP contribution >= 0.6 is 0 Å². The van der Waals surface area contributed by atoms with E-state index in [-0.39, 0.29) is 18.0 Å². The second-order valence-electron chi connectivity index (χ2n) is 7.73. The maximum atomic E-state index is 12.9. The maximum absolute atomic E-state index is 12.9. The lowest BCUT2D eigenvalue weighted by atomic mass is 9.76. The first-order valence-corrected chi connectivity index (χ1v) is 9.12. The van der Waals surface area contributed by atoms with Crippen LogP contribution in [0.5, 0.6) is 0 Å². The first-order chi connectivity index (χ1) is 11.1. The molecule has 2 bridgehead atoms. The normalized spacial score (nSPS) is 34.2. The van der Waals surface area contributed by atoms with E-state index in [2.05, 4.69) is 43.1 Å². The Morgan fingerprint density at radius 1 is 1.13 bits per heavy atom. The third kappa shape index (κ3) is 2.69. The number of hydrogen-bond donors (Lipinski definition) is 0. The Labute approximate surface area is 139 Å². The summed E-state index contributed by atoms with van der Waals surface area (Å²) in [6, 6.07) is 9.75. The van der Waals surface area contributed by atoms with Crippen LogP contribution in [0, 0.1) is 12.8 Å². The molecule has 2 heterocycles. The molecule has 4 atom stereocenters. The highest BCUT2D eigenvalue weighted by Gasteiger charge is 2.50. The van der Waals surface area contributed by atoms with Crippen LogP contribution in [0.1, 0.15) is 55.6 Å². The SMILES string of the molecule is Cc1ccc(C2CC3CCC([C@H]2C(=O)OC2CCC2)N3C)cc1. The van der Waals surface area contributed by atoms with Crippen molar-refractivity contribution in [3.63, 3.8) is 0 Å². The average Bonchev–Trinajstić information content (AvgIpc) is 2.74. The lowest BCUT2D eigenvalue weighted by Crippen LogP contribution is -2.49. The summed E-state index contributed by atoms with van der Waals surface area (Å²) in [4.78, 5) is 15.4. The van der Waals surface area contributed by atoms with Crippen LogP contribution in [-0.4, -0.2) is 36.1 Å². The van der Waals surface area contributed by atoms with Gasteiger partial charge in [-0.2, -0.15) is 0 Å². The number of hydrogen-bond acceptors (Lipinski definition) is 3. The van der Waals surface area contributed by atoms with Crippen LogP contribution in [0.3, 0.4) is 0 Å². The Balaban J connectivity index is 1.61. The van der Waals surface area contributed by atoms with E-state index in [4.69, 9.17) is 4.74 Å². The fourth-order valence-corrected chi connectivity index (χ4v) is 4.68. The molecular formula is C20H27NO2. The zero-order valence-electron chi connectivity index (χ0n) is 14.2. The third-order valence-corrected chi connectivity index (χ3v) is 6.38. The van der Waals surface area contributed by atoms with Gasteiger partial charge < -0.3 is 4.74 Å². The summed E-state index contributed by atoms with van der Waals surface area (Å²) < 4.78 is 5.83. The molecule has 1 aromatic rings. The fraction of sp³-hybridized carbons (Fsp3) is 0.650. The molecule has 3 nitrogen and oxygen atoms in total. The molecule has 0 aromatic heterocycles. The quantitative estimate of drug-likeness (QED) is 0.798. The van der Waals surface area contributed by atoms with Crippen LogP contribution in [0.25, 0.3) is 0 Å². The van der Waals surface area contributed by atoms with Gasteiger partial charge in [0.25, 0.3) is 0 Å². The number of carbonyl (C=O) groups excluding carboxylic acids is 1. The highest BCUT2D eigenvalue weighted by atomic mass is 16.5. The van der Waals surface area contributed by atoms with E-state index in [1.165, 1.54) is 24.0 Å². The molecule has 124 valence electrons. The number of aryl methyl sites for hydroxylation is 1. The number of esters is 1.